The van der Waals surface area contributed by atoms with Gasteiger partial charge >= 0.3 is 0 Å². The summed E-state index contributed by atoms with van der Waals surface area (Å²) >= 11 is 3.31. The molecule has 0 aromatic heterocycles. The van der Waals surface area contributed by atoms with Crippen LogP contribution in [0, 0.1) is 5.82 Å². The third-order valence-electron chi connectivity index (χ3n) is 2.94. The Morgan fingerprint density at radius 2 is 2.28 bits per heavy atom. The molecule has 0 bridgehead atoms. The Bertz CT molecular complexity index is 449. The van der Waals surface area contributed by atoms with Gasteiger partial charge in [-0.2, -0.15) is 0 Å². The normalized spacial score (nSPS) is 16.4. The molecule has 0 saturated heterocycles. The summed E-state index contributed by atoms with van der Waals surface area (Å²) in [4.78, 5) is 11.5. The van der Waals surface area contributed by atoms with E-state index in [-0.39, 0.29) is 24.3 Å². The van der Waals surface area contributed by atoms with Crippen molar-refractivity contribution in [2.75, 3.05) is 6.54 Å². The quantitative estimate of drug-likeness (QED) is 0.877. The first-order valence-electron chi connectivity index (χ1n) is 6.04. The summed E-state index contributed by atoms with van der Waals surface area (Å²) in [5.41, 5.74) is 0.559. The van der Waals surface area contributed by atoms with Crippen LogP contribution in [0.2, 0.25) is 0 Å². The first kappa shape index (κ1) is 13.5. The zero-order chi connectivity index (χ0) is 13.1. The van der Waals surface area contributed by atoms with Crippen molar-refractivity contribution < 1.29 is 9.18 Å². The van der Waals surface area contributed by atoms with Gasteiger partial charge in [-0.25, -0.2) is 4.39 Å². The lowest BCUT2D eigenvalue weighted by atomic mass is 10.1. The van der Waals surface area contributed by atoms with Gasteiger partial charge in [0.2, 0.25) is 5.91 Å². The van der Waals surface area contributed by atoms with Crippen molar-refractivity contribution in [3.8, 4) is 0 Å². The molecule has 18 heavy (non-hydrogen) atoms. The highest BCUT2D eigenvalue weighted by Crippen LogP contribution is 2.21. The lowest BCUT2D eigenvalue weighted by Gasteiger charge is -2.15. The van der Waals surface area contributed by atoms with Gasteiger partial charge in [0.15, 0.2) is 0 Å². The van der Waals surface area contributed by atoms with Crippen LogP contribution in [0.4, 0.5) is 4.39 Å². The van der Waals surface area contributed by atoms with E-state index in [0.717, 1.165) is 17.3 Å². The molecule has 1 aliphatic rings. The van der Waals surface area contributed by atoms with E-state index in [1.807, 2.05) is 6.92 Å². The van der Waals surface area contributed by atoms with Crippen LogP contribution in [0.5, 0.6) is 0 Å². The second-order valence-corrected chi connectivity index (χ2v) is 5.53. The molecule has 1 amide bonds. The number of rotatable bonds is 5. The van der Waals surface area contributed by atoms with Crippen LogP contribution in [0.1, 0.15) is 31.4 Å². The first-order chi connectivity index (χ1) is 8.56. The monoisotopic (exact) mass is 314 g/mol. The molecule has 5 heteroatoms. The number of benzene rings is 1. The van der Waals surface area contributed by atoms with Gasteiger partial charge < -0.3 is 10.6 Å². The zero-order valence-corrected chi connectivity index (χ0v) is 11.8. The molecule has 1 aromatic carbocycles. The highest BCUT2D eigenvalue weighted by molar-refractivity contribution is 9.10. The van der Waals surface area contributed by atoms with Gasteiger partial charge in [0.1, 0.15) is 5.82 Å². The largest absolute Gasteiger partial charge is 0.352 e. The molecule has 1 aromatic rings. The van der Waals surface area contributed by atoms with Crippen molar-refractivity contribution in [1.82, 2.24) is 10.6 Å². The average Bonchev–Trinajstić information content (AvgIpc) is 3.13. The molecule has 2 N–H and O–H groups in total. The second-order valence-electron chi connectivity index (χ2n) is 4.61. The molecule has 0 aliphatic heterocycles. The number of hydrogen-bond donors (Lipinski definition) is 2. The highest BCUT2D eigenvalue weighted by atomic mass is 79.9. The van der Waals surface area contributed by atoms with Gasteiger partial charge in [-0.1, -0.05) is 15.9 Å². The van der Waals surface area contributed by atoms with Crippen LogP contribution in [-0.4, -0.2) is 18.5 Å². The van der Waals surface area contributed by atoms with Crippen molar-refractivity contribution in [2.24, 2.45) is 0 Å². The van der Waals surface area contributed by atoms with Gasteiger partial charge in [0.25, 0.3) is 0 Å². The fourth-order valence-electron chi connectivity index (χ4n) is 1.71. The van der Waals surface area contributed by atoms with Gasteiger partial charge in [-0.3, -0.25) is 4.79 Å². The number of carbonyl (C=O) groups is 1. The zero-order valence-electron chi connectivity index (χ0n) is 10.2. The van der Waals surface area contributed by atoms with Gasteiger partial charge in [0, 0.05) is 22.1 Å². The van der Waals surface area contributed by atoms with Gasteiger partial charge in [0.05, 0.1) is 6.54 Å². The number of nitrogens with one attached hydrogen (secondary N) is 2. The van der Waals surface area contributed by atoms with E-state index in [1.54, 1.807) is 12.1 Å². The SMILES string of the molecule is CC(NCC(=O)NC1CC1)c1cc(Br)ccc1F. The Hall–Kier alpha value is -0.940. The topological polar surface area (TPSA) is 41.1 Å². The molecule has 1 fully saturated rings. The Balaban J connectivity index is 1.87. The van der Waals surface area contributed by atoms with E-state index in [9.17, 15) is 9.18 Å². The molecule has 1 atom stereocenters. The molecule has 98 valence electrons. The number of carbonyl (C=O) groups excluding carboxylic acids is 1. The van der Waals surface area contributed by atoms with Crippen LogP contribution in [0.15, 0.2) is 22.7 Å². The molecule has 0 radical (unpaired) electrons. The summed E-state index contributed by atoms with van der Waals surface area (Å²) in [7, 11) is 0. The van der Waals surface area contributed by atoms with Crippen molar-refractivity contribution in [1.29, 1.82) is 0 Å². The molecular weight excluding hydrogens is 299 g/mol. The molecule has 1 aliphatic carbocycles. The van der Waals surface area contributed by atoms with E-state index >= 15 is 0 Å². The van der Waals surface area contributed by atoms with Gasteiger partial charge in [-0.05, 0) is 38.0 Å². The molecule has 2 rings (SSSR count). The Labute approximate surface area is 114 Å². The minimum Gasteiger partial charge on any atom is -0.352 e. The van der Waals surface area contributed by atoms with Crippen molar-refractivity contribution in [3.05, 3.63) is 34.1 Å². The van der Waals surface area contributed by atoms with Crippen LogP contribution >= 0.6 is 15.9 Å². The average molecular weight is 315 g/mol. The minimum absolute atomic E-state index is 0.0280. The predicted molar refractivity (Wildman–Crippen MR) is 71.7 cm³/mol. The third-order valence-corrected chi connectivity index (χ3v) is 3.43. The number of halogens is 2. The molecule has 0 heterocycles. The number of amides is 1. The lowest BCUT2D eigenvalue weighted by molar-refractivity contribution is -0.120. The summed E-state index contributed by atoms with van der Waals surface area (Å²) in [6, 6.07) is 4.96. The number of hydrogen-bond acceptors (Lipinski definition) is 2. The van der Waals surface area contributed by atoms with Crippen LogP contribution in [0.3, 0.4) is 0 Å². The maximum Gasteiger partial charge on any atom is 0.234 e. The summed E-state index contributed by atoms with van der Waals surface area (Å²) < 4.78 is 14.4. The van der Waals surface area contributed by atoms with Crippen LogP contribution in [-0.2, 0) is 4.79 Å². The Morgan fingerprint density at radius 3 is 2.94 bits per heavy atom. The van der Waals surface area contributed by atoms with E-state index < -0.39 is 0 Å². The summed E-state index contributed by atoms with van der Waals surface area (Å²) in [6.45, 7) is 2.05. The van der Waals surface area contributed by atoms with E-state index in [2.05, 4.69) is 26.6 Å². The molecule has 3 nitrogen and oxygen atoms in total. The minimum atomic E-state index is -0.263. The Kier molecular flexibility index (Phi) is 4.35. The van der Waals surface area contributed by atoms with E-state index in [4.69, 9.17) is 0 Å². The standard InChI is InChI=1S/C13H16BrFN2O/c1-8(11-6-9(14)2-5-12(11)15)16-7-13(18)17-10-3-4-10/h2,5-6,8,10,16H,3-4,7H2,1H3,(H,17,18). The summed E-state index contributed by atoms with van der Waals surface area (Å²) in [5.74, 6) is -0.291. The summed E-state index contributed by atoms with van der Waals surface area (Å²) in [5, 5.41) is 5.91. The van der Waals surface area contributed by atoms with Crippen molar-refractivity contribution in [3.63, 3.8) is 0 Å². The molecular formula is C13H16BrFN2O. The Morgan fingerprint density at radius 1 is 1.56 bits per heavy atom. The predicted octanol–water partition coefficient (Wildman–Crippen LogP) is 2.52. The maximum atomic E-state index is 13.6. The summed E-state index contributed by atoms with van der Waals surface area (Å²) in [6.07, 6.45) is 2.14. The third kappa shape index (κ3) is 3.78. The molecule has 1 saturated carbocycles. The maximum absolute atomic E-state index is 13.6. The fourth-order valence-corrected chi connectivity index (χ4v) is 2.09. The second kappa shape index (κ2) is 5.80. The van der Waals surface area contributed by atoms with E-state index in [1.165, 1.54) is 6.07 Å². The van der Waals surface area contributed by atoms with Crippen LogP contribution in [0.25, 0.3) is 0 Å². The van der Waals surface area contributed by atoms with Crippen LogP contribution < -0.4 is 10.6 Å². The van der Waals surface area contributed by atoms with E-state index in [0.29, 0.717) is 11.6 Å². The highest BCUT2D eigenvalue weighted by Gasteiger charge is 2.23. The van der Waals surface area contributed by atoms with Crippen molar-refractivity contribution >= 4 is 21.8 Å². The first-order valence-corrected chi connectivity index (χ1v) is 6.83. The smallest absolute Gasteiger partial charge is 0.234 e. The van der Waals surface area contributed by atoms with Crippen molar-refractivity contribution in [2.45, 2.75) is 31.8 Å². The lowest BCUT2D eigenvalue weighted by Crippen LogP contribution is -2.36. The molecule has 0 spiro atoms. The fraction of sp³-hybridized carbons (Fsp3) is 0.462. The molecule has 1 unspecified atom stereocenters. The van der Waals surface area contributed by atoms with Gasteiger partial charge in [-0.15, -0.1) is 0 Å².